The molecule has 0 aromatic carbocycles. The second-order valence-corrected chi connectivity index (χ2v) is 7.69. The van der Waals surface area contributed by atoms with E-state index in [1.165, 1.54) is 4.88 Å². The molecule has 0 unspecified atom stereocenters. The maximum absolute atomic E-state index is 11.8. The summed E-state index contributed by atoms with van der Waals surface area (Å²) in [5, 5.41) is 10.7. The van der Waals surface area contributed by atoms with Crippen LogP contribution in [0.3, 0.4) is 0 Å². The van der Waals surface area contributed by atoms with Crippen molar-refractivity contribution in [2.45, 2.75) is 25.8 Å². The lowest BCUT2D eigenvalue weighted by Gasteiger charge is -2.39. The number of hydrogen-bond acceptors (Lipinski definition) is 6. The molecule has 24 heavy (non-hydrogen) atoms. The highest BCUT2D eigenvalue weighted by Crippen LogP contribution is 2.35. The number of carbonyl (C=O) groups is 1. The van der Waals surface area contributed by atoms with Crippen molar-refractivity contribution >= 4 is 22.4 Å². The molecule has 1 N–H and O–H groups in total. The van der Waals surface area contributed by atoms with E-state index in [0.29, 0.717) is 13.0 Å². The maximum Gasteiger partial charge on any atom is 0.311 e. The molecule has 0 bridgehead atoms. The zero-order chi connectivity index (χ0) is 17.0. The van der Waals surface area contributed by atoms with Gasteiger partial charge in [0.2, 0.25) is 0 Å². The van der Waals surface area contributed by atoms with E-state index in [0.717, 1.165) is 57.4 Å². The molecule has 132 valence electrons. The van der Waals surface area contributed by atoms with Crippen molar-refractivity contribution in [2.75, 3.05) is 44.3 Å². The Bertz CT molecular complexity index is 585. The summed E-state index contributed by atoms with van der Waals surface area (Å²) in [6, 6.07) is 0. The predicted octanol–water partition coefficient (Wildman–Crippen LogP) is 2.22. The fraction of sp³-hybridized carbons (Fsp3) is 0.647. The van der Waals surface area contributed by atoms with E-state index in [4.69, 9.17) is 4.74 Å². The van der Waals surface area contributed by atoms with Crippen LogP contribution in [0.5, 0.6) is 0 Å². The monoisotopic (exact) mass is 351 g/mol. The maximum atomic E-state index is 11.8. The standard InChI is InChI=1S/C17H25N3O3S/c1-2-4-17(15(21)22)5-3-6-19(13-17)12-14-11-18-16(24-14)20-7-9-23-10-8-20/h2,11H,1,3-10,12-13H2,(H,21,22)/t17-/m0/s1. The number of ether oxygens (including phenoxy) is 1. The zero-order valence-corrected chi connectivity index (χ0v) is 14.8. The smallest absolute Gasteiger partial charge is 0.311 e. The average molecular weight is 351 g/mol. The van der Waals surface area contributed by atoms with E-state index in [1.54, 1.807) is 17.4 Å². The molecule has 0 amide bonds. The summed E-state index contributed by atoms with van der Waals surface area (Å²) < 4.78 is 5.38. The molecule has 2 saturated heterocycles. The Labute approximate surface area is 146 Å². The quantitative estimate of drug-likeness (QED) is 0.793. The lowest BCUT2D eigenvalue weighted by molar-refractivity contribution is -0.152. The van der Waals surface area contributed by atoms with E-state index in [-0.39, 0.29) is 0 Å². The van der Waals surface area contributed by atoms with Crippen LogP contribution in [-0.4, -0.2) is 60.4 Å². The minimum Gasteiger partial charge on any atom is -0.481 e. The fourth-order valence-electron chi connectivity index (χ4n) is 3.56. The molecule has 1 aromatic rings. The van der Waals surface area contributed by atoms with Gasteiger partial charge in [-0.3, -0.25) is 9.69 Å². The van der Waals surface area contributed by atoms with Gasteiger partial charge in [0.15, 0.2) is 5.13 Å². The highest BCUT2D eigenvalue weighted by atomic mass is 32.1. The first kappa shape index (κ1) is 17.4. The summed E-state index contributed by atoms with van der Waals surface area (Å²) >= 11 is 1.70. The van der Waals surface area contributed by atoms with Gasteiger partial charge in [-0.25, -0.2) is 4.98 Å². The van der Waals surface area contributed by atoms with Crippen molar-refractivity contribution in [2.24, 2.45) is 5.41 Å². The van der Waals surface area contributed by atoms with Crippen LogP contribution in [0.15, 0.2) is 18.9 Å². The molecule has 3 rings (SSSR count). The molecule has 7 heteroatoms. The van der Waals surface area contributed by atoms with Gasteiger partial charge in [0.05, 0.1) is 18.6 Å². The number of morpholine rings is 1. The number of aromatic nitrogens is 1. The second-order valence-electron chi connectivity index (χ2n) is 6.60. The minimum atomic E-state index is -0.703. The number of anilines is 1. The van der Waals surface area contributed by atoms with Gasteiger partial charge in [-0.2, -0.15) is 0 Å². The summed E-state index contributed by atoms with van der Waals surface area (Å²) in [4.78, 5) is 22.0. The molecule has 0 spiro atoms. The van der Waals surface area contributed by atoms with Gasteiger partial charge < -0.3 is 14.7 Å². The molecule has 0 radical (unpaired) electrons. The summed E-state index contributed by atoms with van der Waals surface area (Å²) in [6.07, 6.45) is 5.84. The van der Waals surface area contributed by atoms with E-state index >= 15 is 0 Å². The molecule has 3 heterocycles. The number of nitrogens with zero attached hydrogens (tertiary/aromatic N) is 3. The zero-order valence-electron chi connectivity index (χ0n) is 13.9. The van der Waals surface area contributed by atoms with Gasteiger partial charge in [0.25, 0.3) is 0 Å². The van der Waals surface area contributed by atoms with Crippen molar-refractivity contribution in [1.82, 2.24) is 9.88 Å². The third kappa shape index (κ3) is 3.79. The molecule has 2 fully saturated rings. The topological polar surface area (TPSA) is 65.9 Å². The van der Waals surface area contributed by atoms with Gasteiger partial charge >= 0.3 is 5.97 Å². The molecule has 1 aromatic heterocycles. The molecule has 0 aliphatic carbocycles. The third-order valence-electron chi connectivity index (χ3n) is 4.85. The highest BCUT2D eigenvalue weighted by Gasteiger charge is 2.41. The second kappa shape index (κ2) is 7.63. The number of thiazole rings is 1. The van der Waals surface area contributed by atoms with Crippen LogP contribution in [-0.2, 0) is 16.1 Å². The van der Waals surface area contributed by atoms with Crippen LogP contribution in [0.1, 0.15) is 24.1 Å². The molecule has 0 saturated carbocycles. The van der Waals surface area contributed by atoms with Crippen LogP contribution < -0.4 is 4.90 Å². The molecule has 1 atom stereocenters. The van der Waals surface area contributed by atoms with Crippen molar-refractivity contribution in [3.05, 3.63) is 23.7 Å². The van der Waals surface area contributed by atoms with Crippen LogP contribution >= 0.6 is 11.3 Å². The van der Waals surface area contributed by atoms with Crippen molar-refractivity contribution < 1.29 is 14.6 Å². The van der Waals surface area contributed by atoms with Crippen molar-refractivity contribution in [1.29, 1.82) is 0 Å². The van der Waals surface area contributed by atoms with E-state index < -0.39 is 11.4 Å². The van der Waals surface area contributed by atoms with Crippen molar-refractivity contribution in [3.63, 3.8) is 0 Å². The molecular weight excluding hydrogens is 326 g/mol. The lowest BCUT2D eigenvalue weighted by atomic mass is 9.77. The Morgan fingerprint density at radius 2 is 2.25 bits per heavy atom. The van der Waals surface area contributed by atoms with E-state index in [1.807, 2.05) is 6.20 Å². The number of hydrogen-bond donors (Lipinski definition) is 1. The number of piperidine rings is 1. The van der Waals surface area contributed by atoms with Gasteiger partial charge in [0, 0.05) is 37.3 Å². The first-order chi connectivity index (χ1) is 11.6. The van der Waals surface area contributed by atoms with Gasteiger partial charge in [-0.05, 0) is 25.8 Å². The number of allylic oxidation sites excluding steroid dienone is 1. The van der Waals surface area contributed by atoms with Gasteiger partial charge in [0.1, 0.15) is 0 Å². The number of carboxylic acid groups (broad SMARTS) is 1. The summed E-state index contributed by atoms with van der Waals surface area (Å²) in [7, 11) is 0. The van der Waals surface area contributed by atoms with Gasteiger partial charge in [-0.15, -0.1) is 17.9 Å². The Morgan fingerprint density at radius 1 is 1.46 bits per heavy atom. The van der Waals surface area contributed by atoms with Crippen LogP contribution in [0.2, 0.25) is 0 Å². The first-order valence-corrected chi connectivity index (χ1v) is 9.29. The van der Waals surface area contributed by atoms with Crippen LogP contribution in [0.25, 0.3) is 0 Å². The normalized spacial score (nSPS) is 25.6. The Hall–Kier alpha value is -1.44. The minimum absolute atomic E-state index is 0.528. The molecule has 2 aliphatic heterocycles. The summed E-state index contributed by atoms with van der Waals surface area (Å²) in [5.41, 5.74) is -0.683. The first-order valence-electron chi connectivity index (χ1n) is 8.47. The fourth-order valence-corrected chi connectivity index (χ4v) is 4.56. The molecule has 6 nitrogen and oxygen atoms in total. The highest BCUT2D eigenvalue weighted by molar-refractivity contribution is 7.15. The Morgan fingerprint density at radius 3 is 2.96 bits per heavy atom. The van der Waals surface area contributed by atoms with Crippen LogP contribution in [0.4, 0.5) is 5.13 Å². The van der Waals surface area contributed by atoms with Gasteiger partial charge in [-0.1, -0.05) is 6.08 Å². The van der Waals surface area contributed by atoms with Crippen LogP contribution in [0, 0.1) is 5.41 Å². The summed E-state index contributed by atoms with van der Waals surface area (Å²) in [6.45, 7) is 9.32. The largest absolute Gasteiger partial charge is 0.481 e. The van der Waals surface area contributed by atoms with Crippen molar-refractivity contribution in [3.8, 4) is 0 Å². The Kier molecular flexibility index (Phi) is 5.53. The number of aliphatic carboxylic acids is 1. The molecular formula is C17H25N3O3S. The number of carboxylic acids is 1. The lowest BCUT2D eigenvalue weighted by Crippen LogP contribution is -2.47. The van der Waals surface area contributed by atoms with E-state index in [2.05, 4.69) is 21.4 Å². The van der Waals surface area contributed by atoms with E-state index in [9.17, 15) is 9.90 Å². The Balaban J connectivity index is 1.64. The number of rotatable bonds is 6. The SMILES string of the molecule is C=CC[C@]1(C(=O)O)CCCN(Cc2cnc(N3CCOCC3)s2)C1. The third-order valence-corrected chi connectivity index (χ3v) is 5.89. The number of likely N-dealkylation sites (tertiary alicyclic amines) is 1. The molecule has 2 aliphatic rings. The average Bonchev–Trinajstić information content (AvgIpc) is 3.04. The summed E-state index contributed by atoms with van der Waals surface area (Å²) in [5.74, 6) is -0.703. The predicted molar refractivity (Wildman–Crippen MR) is 94.5 cm³/mol.